The lowest BCUT2D eigenvalue weighted by molar-refractivity contribution is -0.166. The first-order valence-electron chi connectivity index (χ1n) is 9.51. The Morgan fingerprint density at radius 2 is 2.03 bits per heavy atom. The van der Waals surface area contributed by atoms with Crippen LogP contribution in [0.15, 0.2) is 49.1 Å². The van der Waals surface area contributed by atoms with Gasteiger partial charge in [0.05, 0.1) is 12.2 Å². The summed E-state index contributed by atoms with van der Waals surface area (Å²) in [6, 6.07) is 0. The van der Waals surface area contributed by atoms with Crippen LogP contribution in [0.1, 0.15) is 20.3 Å². The van der Waals surface area contributed by atoms with Crippen molar-refractivity contribution >= 4 is 17.9 Å². The smallest absolute Gasteiger partial charge is 0.336 e. The maximum Gasteiger partial charge on any atom is 0.336 e. The number of aliphatic hydroxyl groups excluding tert-OH is 2. The number of hydrogen-bond acceptors (Lipinski definition) is 8. The van der Waals surface area contributed by atoms with Crippen molar-refractivity contribution in [1.29, 1.82) is 0 Å². The van der Waals surface area contributed by atoms with Gasteiger partial charge in [0.15, 0.2) is 0 Å². The largest absolute Gasteiger partial charge is 0.463 e. The second kappa shape index (κ2) is 8.97. The summed E-state index contributed by atoms with van der Waals surface area (Å²) in [5, 5.41) is 19.7. The normalized spacial score (nSPS) is 31.2. The second-order valence-electron chi connectivity index (χ2n) is 7.84. The third kappa shape index (κ3) is 4.24. The van der Waals surface area contributed by atoms with Gasteiger partial charge in [-0.1, -0.05) is 32.7 Å². The van der Waals surface area contributed by atoms with Crippen molar-refractivity contribution in [3.05, 3.63) is 49.1 Å². The van der Waals surface area contributed by atoms with Crippen LogP contribution in [0.5, 0.6) is 0 Å². The average molecular weight is 420 g/mol. The van der Waals surface area contributed by atoms with Crippen LogP contribution in [0.3, 0.4) is 0 Å². The predicted octanol–water partition coefficient (Wildman–Crippen LogP) is 1.24. The topological polar surface area (TPSA) is 119 Å². The molecule has 30 heavy (non-hydrogen) atoms. The molecule has 2 fully saturated rings. The van der Waals surface area contributed by atoms with E-state index < -0.39 is 60.1 Å². The van der Waals surface area contributed by atoms with Crippen LogP contribution in [-0.4, -0.2) is 59.6 Å². The van der Waals surface area contributed by atoms with Crippen molar-refractivity contribution < 1.29 is 38.8 Å². The molecular formula is C22H28O8. The molecule has 0 amide bonds. The summed E-state index contributed by atoms with van der Waals surface area (Å²) in [6.45, 7) is 17.3. The Balaban J connectivity index is 2.30. The molecule has 1 aliphatic carbocycles. The highest BCUT2D eigenvalue weighted by molar-refractivity contribution is 5.91. The molecular weight excluding hydrogens is 392 g/mol. The van der Waals surface area contributed by atoms with Crippen LogP contribution in [-0.2, 0) is 28.6 Å². The van der Waals surface area contributed by atoms with Crippen molar-refractivity contribution in [2.24, 2.45) is 17.3 Å². The van der Waals surface area contributed by atoms with Gasteiger partial charge in [-0.05, 0) is 12.0 Å². The lowest BCUT2D eigenvalue weighted by Crippen LogP contribution is -2.53. The zero-order chi connectivity index (χ0) is 22.8. The number of aliphatic hydroxyl groups is 2. The van der Waals surface area contributed by atoms with Crippen molar-refractivity contribution in [2.75, 3.05) is 13.2 Å². The molecule has 8 nitrogen and oxygen atoms in total. The monoisotopic (exact) mass is 420 g/mol. The molecule has 0 bridgehead atoms. The average Bonchev–Trinajstić information content (AvgIpc) is 2.98. The van der Waals surface area contributed by atoms with Gasteiger partial charge in [0, 0.05) is 29.7 Å². The van der Waals surface area contributed by atoms with E-state index >= 15 is 0 Å². The van der Waals surface area contributed by atoms with Crippen LogP contribution in [0.4, 0.5) is 0 Å². The molecule has 1 aliphatic heterocycles. The number of esters is 3. The molecule has 0 radical (unpaired) electrons. The van der Waals surface area contributed by atoms with Gasteiger partial charge in [0.2, 0.25) is 0 Å². The standard InChI is InChI=1S/C22H28O8/c1-7-22(6)17(29-21(27)13(4)16(25)10-28-14(5)24)8-15-12(3)20(26)30-19(15)18(22)11(2)9-23/h7,15-19,23,25H,1-4,8-10H2,5-6H3/t15-,16-,17+,18+,19-,22+/m0/s1. The van der Waals surface area contributed by atoms with E-state index in [0.717, 1.165) is 0 Å². The molecule has 0 aromatic heterocycles. The van der Waals surface area contributed by atoms with Gasteiger partial charge in [-0.3, -0.25) is 4.79 Å². The van der Waals surface area contributed by atoms with Crippen molar-refractivity contribution in [2.45, 2.75) is 38.6 Å². The van der Waals surface area contributed by atoms with Crippen LogP contribution >= 0.6 is 0 Å². The lowest BCUT2D eigenvalue weighted by atomic mass is 9.58. The van der Waals surface area contributed by atoms with Crippen LogP contribution < -0.4 is 0 Å². The first-order valence-corrected chi connectivity index (χ1v) is 9.51. The minimum atomic E-state index is -1.43. The Labute approximate surface area is 175 Å². The number of carbonyl (C=O) groups excluding carboxylic acids is 3. The Morgan fingerprint density at radius 1 is 1.40 bits per heavy atom. The first-order chi connectivity index (χ1) is 14.0. The van der Waals surface area contributed by atoms with E-state index in [1.54, 1.807) is 13.0 Å². The third-order valence-electron chi connectivity index (χ3n) is 5.95. The summed E-state index contributed by atoms with van der Waals surface area (Å²) < 4.78 is 15.9. The molecule has 2 rings (SSSR count). The van der Waals surface area contributed by atoms with E-state index in [4.69, 9.17) is 14.2 Å². The SMILES string of the molecule is C=C[C@@]1(C)[C@H](C(=C)CO)[C@H]2OC(=O)C(=C)[C@@H]2C[C@H]1OC(=O)C(=C)[C@@H](O)COC(C)=O. The molecule has 0 aromatic carbocycles. The molecule has 0 spiro atoms. The maximum absolute atomic E-state index is 12.6. The number of carbonyl (C=O) groups is 3. The van der Waals surface area contributed by atoms with Gasteiger partial charge in [0.25, 0.3) is 0 Å². The fourth-order valence-corrected chi connectivity index (χ4v) is 4.09. The molecule has 6 atom stereocenters. The van der Waals surface area contributed by atoms with Gasteiger partial charge >= 0.3 is 17.9 Å². The predicted molar refractivity (Wildman–Crippen MR) is 107 cm³/mol. The van der Waals surface area contributed by atoms with Gasteiger partial charge in [-0.15, -0.1) is 6.58 Å². The zero-order valence-corrected chi connectivity index (χ0v) is 17.3. The van der Waals surface area contributed by atoms with E-state index in [-0.39, 0.29) is 24.2 Å². The minimum absolute atomic E-state index is 0.228. The van der Waals surface area contributed by atoms with Crippen LogP contribution in [0.25, 0.3) is 0 Å². The van der Waals surface area contributed by atoms with E-state index in [9.17, 15) is 24.6 Å². The summed E-state index contributed by atoms with van der Waals surface area (Å²) >= 11 is 0. The van der Waals surface area contributed by atoms with E-state index in [1.807, 2.05) is 0 Å². The fourth-order valence-electron chi connectivity index (χ4n) is 4.09. The van der Waals surface area contributed by atoms with E-state index in [2.05, 4.69) is 26.3 Å². The van der Waals surface area contributed by atoms with Crippen molar-refractivity contribution in [1.82, 2.24) is 0 Å². The zero-order valence-electron chi connectivity index (χ0n) is 17.3. The Bertz CT molecular complexity index is 797. The van der Waals surface area contributed by atoms with Gasteiger partial charge in [-0.25, -0.2) is 9.59 Å². The lowest BCUT2D eigenvalue weighted by Gasteiger charge is -2.49. The first kappa shape index (κ1) is 23.6. The van der Waals surface area contributed by atoms with Crippen LogP contribution in [0, 0.1) is 17.3 Å². The Hall–Kier alpha value is -2.71. The molecule has 0 unspecified atom stereocenters. The summed E-state index contributed by atoms with van der Waals surface area (Å²) in [5.41, 5.74) is -0.538. The van der Waals surface area contributed by atoms with Gasteiger partial charge in [-0.2, -0.15) is 0 Å². The van der Waals surface area contributed by atoms with E-state index in [0.29, 0.717) is 5.57 Å². The van der Waals surface area contributed by atoms with Gasteiger partial charge in [0.1, 0.15) is 24.9 Å². The number of fused-ring (bicyclic) bond motifs is 1. The minimum Gasteiger partial charge on any atom is -0.463 e. The number of ether oxygens (including phenoxy) is 3. The van der Waals surface area contributed by atoms with Crippen molar-refractivity contribution in [3.63, 3.8) is 0 Å². The summed E-state index contributed by atoms with van der Waals surface area (Å²) in [7, 11) is 0. The molecule has 164 valence electrons. The number of rotatable bonds is 8. The summed E-state index contributed by atoms with van der Waals surface area (Å²) in [5.74, 6) is -3.03. The molecule has 2 N–H and O–H groups in total. The molecule has 8 heteroatoms. The van der Waals surface area contributed by atoms with E-state index in [1.165, 1.54) is 6.92 Å². The van der Waals surface area contributed by atoms with Crippen molar-refractivity contribution in [3.8, 4) is 0 Å². The van der Waals surface area contributed by atoms with Gasteiger partial charge < -0.3 is 24.4 Å². The quantitative estimate of drug-likeness (QED) is 0.261. The maximum atomic E-state index is 12.6. The summed E-state index contributed by atoms with van der Waals surface area (Å²) in [4.78, 5) is 35.7. The Morgan fingerprint density at radius 3 is 2.57 bits per heavy atom. The second-order valence-corrected chi connectivity index (χ2v) is 7.84. The third-order valence-corrected chi connectivity index (χ3v) is 5.95. The molecule has 1 saturated heterocycles. The number of hydrogen-bond donors (Lipinski definition) is 2. The fraction of sp³-hybridized carbons (Fsp3) is 0.500. The highest BCUT2D eigenvalue weighted by Crippen LogP contribution is 2.53. The highest BCUT2D eigenvalue weighted by atomic mass is 16.6. The highest BCUT2D eigenvalue weighted by Gasteiger charge is 2.58. The summed E-state index contributed by atoms with van der Waals surface area (Å²) in [6.07, 6.45) is -1.02. The molecule has 2 aliphatic rings. The molecule has 0 aromatic rings. The molecule has 1 heterocycles. The molecule has 1 saturated carbocycles. The Kier molecular flexibility index (Phi) is 7.05. The van der Waals surface area contributed by atoms with Crippen LogP contribution in [0.2, 0.25) is 0 Å².